The number of nitrogens with zero attached hydrogens (tertiary/aromatic N) is 1. The van der Waals surface area contributed by atoms with E-state index in [4.69, 9.17) is 0 Å². The van der Waals surface area contributed by atoms with E-state index >= 15 is 0 Å². The molecule has 1 heterocycles. The van der Waals surface area contributed by atoms with Crippen molar-refractivity contribution in [2.45, 2.75) is 6.92 Å². The van der Waals surface area contributed by atoms with Gasteiger partial charge >= 0.3 is 0 Å². The van der Waals surface area contributed by atoms with Crippen LogP contribution < -0.4 is 10.4 Å². The number of allylic oxidation sites excluding steroid dienone is 1. The maximum absolute atomic E-state index is 4.01. The van der Waals surface area contributed by atoms with E-state index in [1.165, 1.54) is 0 Å². The van der Waals surface area contributed by atoms with Crippen LogP contribution in [0.3, 0.4) is 0 Å². The Kier molecular flexibility index (Phi) is 2.61. The van der Waals surface area contributed by atoms with Gasteiger partial charge in [0.25, 0.3) is 0 Å². The SMILES string of the molecule is C=C/C=c1/ccnc/c1=C/C. The van der Waals surface area contributed by atoms with Gasteiger partial charge in [0.1, 0.15) is 0 Å². The largest absolute Gasteiger partial charge is 0.264 e. The van der Waals surface area contributed by atoms with Gasteiger partial charge in [-0.3, -0.25) is 4.98 Å². The van der Waals surface area contributed by atoms with Crippen LogP contribution in [-0.2, 0) is 0 Å². The molecule has 0 radical (unpaired) electrons. The summed E-state index contributed by atoms with van der Waals surface area (Å²) in [5.41, 5.74) is 0. The molecule has 0 aliphatic rings. The van der Waals surface area contributed by atoms with Crippen molar-refractivity contribution in [2.24, 2.45) is 0 Å². The highest BCUT2D eigenvalue weighted by Gasteiger charge is 1.79. The Labute approximate surface area is 66.4 Å². The molecule has 0 N–H and O–H groups in total. The first-order chi connectivity index (χ1) is 5.38. The fraction of sp³-hybridized carbons (Fsp3) is 0.100. The summed E-state index contributed by atoms with van der Waals surface area (Å²) in [6, 6.07) is 1.97. The van der Waals surface area contributed by atoms with E-state index in [0.29, 0.717) is 0 Å². The minimum atomic E-state index is 1.15. The maximum atomic E-state index is 4.01. The van der Waals surface area contributed by atoms with Gasteiger partial charge in [0.2, 0.25) is 0 Å². The van der Waals surface area contributed by atoms with Gasteiger partial charge < -0.3 is 0 Å². The van der Waals surface area contributed by atoms with Crippen LogP contribution in [0.1, 0.15) is 6.92 Å². The second kappa shape index (κ2) is 3.71. The molecule has 0 bridgehead atoms. The third-order valence-electron chi connectivity index (χ3n) is 1.50. The lowest BCUT2D eigenvalue weighted by Gasteiger charge is -1.85. The van der Waals surface area contributed by atoms with Gasteiger partial charge in [-0.25, -0.2) is 0 Å². The van der Waals surface area contributed by atoms with Gasteiger partial charge in [-0.05, 0) is 23.4 Å². The van der Waals surface area contributed by atoms with Crippen molar-refractivity contribution in [1.82, 2.24) is 4.98 Å². The maximum Gasteiger partial charge on any atom is 0.0343 e. The molecule has 11 heavy (non-hydrogen) atoms. The molecule has 1 aromatic heterocycles. The smallest absolute Gasteiger partial charge is 0.0343 e. The van der Waals surface area contributed by atoms with Gasteiger partial charge in [-0.15, -0.1) is 0 Å². The Balaban J connectivity index is 3.48. The number of pyridine rings is 1. The van der Waals surface area contributed by atoms with Crippen LogP contribution in [0.5, 0.6) is 0 Å². The van der Waals surface area contributed by atoms with Crippen molar-refractivity contribution >= 4 is 12.2 Å². The molecule has 0 atom stereocenters. The summed E-state index contributed by atoms with van der Waals surface area (Å²) in [7, 11) is 0. The highest BCUT2D eigenvalue weighted by molar-refractivity contribution is 5.36. The highest BCUT2D eigenvalue weighted by Crippen LogP contribution is 1.67. The van der Waals surface area contributed by atoms with Gasteiger partial charge in [0.05, 0.1) is 0 Å². The van der Waals surface area contributed by atoms with E-state index in [0.717, 1.165) is 10.4 Å². The van der Waals surface area contributed by atoms with Crippen molar-refractivity contribution in [3.63, 3.8) is 0 Å². The first-order valence-corrected chi connectivity index (χ1v) is 3.57. The van der Waals surface area contributed by atoms with E-state index in [1.54, 1.807) is 12.3 Å². The quantitative estimate of drug-likeness (QED) is 0.571. The number of aromatic nitrogens is 1. The molecule has 56 valence electrons. The monoisotopic (exact) mass is 145 g/mol. The van der Waals surface area contributed by atoms with E-state index in [9.17, 15) is 0 Å². The molecule has 0 saturated heterocycles. The lowest BCUT2D eigenvalue weighted by atomic mass is 10.3. The summed E-state index contributed by atoms with van der Waals surface area (Å²) >= 11 is 0. The molecular weight excluding hydrogens is 134 g/mol. The lowest BCUT2D eigenvalue weighted by molar-refractivity contribution is 1.27. The normalized spacial score (nSPS) is 13.5. The topological polar surface area (TPSA) is 12.9 Å². The van der Waals surface area contributed by atoms with Crippen LogP contribution >= 0.6 is 0 Å². The molecule has 0 unspecified atom stereocenters. The molecule has 1 rings (SSSR count). The van der Waals surface area contributed by atoms with E-state index in [1.807, 2.05) is 31.3 Å². The number of hydrogen-bond donors (Lipinski definition) is 0. The Morgan fingerprint density at radius 1 is 1.45 bits per heavy atom. The van der Waals surface area contributed by atoms with Crippen LogP contribution in [0.15, 0.2) is 31.1 Å². The molecule has 0 aliphatic heterocycles. The molecule has 0 aliphatic carbocycles. The van der Waals surface area contributed by atoms with E-state index in [-0.39, 0.29) is 0 Å². The Hall–Kier alpha value is -1.37. The average Bonchev–Trinajstić information content (AvgIpc) is 2.06. The second-order valence-electron chi connectivity index (χ2n) is 2.20. The third kappa shape index (κ3) is 1.77. The van der Waals surface area contributed by atoms with Gasteiger partial charge in [0, 0.05) is 12.4 Å². The standard InChI is InChI=1S/C10H11N/c1-3-5-10-6-7-11-8-9(10)4-2/h3-8H,1H2,2H3/b9-4-,10-5-. The molecule has 0 aromatic carbocycles. The van der Waals surface area contributed by atoms with Gasteiger partial charge in [0.15, 0.2) is 0 Å². The zero-order chi connectivity index (χ0) is 8.10. The molecule has 0 saturated carbocycles. The van der Waals surface area contributed by atoms with Crippen LogP contribution in [-0.4, -0.2) is 4.98 Å². The fourth-order valence-corrected chi connectivity index (χ4v) is 0.937. The van der Waals surface area contributed by atoms with Crippen LogP contribution in [0, 0.1) is 0 Å². The van der Waals surface area contributed by atoms with Crippen molar-refractivity contribution in [3.05, 3.63) is 41.6 Å². The van der Waals surface area contributed by atoms with Crippen LogP contribution in [0.2, 0.25) is 0 Å². The van der Waals surface area contributed by atoms with Crippen LogP contribution in [0.25, 0.3) is 12.2 Å². The minimum Gasteiger partial charge on any atom is -0.264 e. The van der Waals surface area contributed by atoms with Crippen LogP contribution in [0.4, 0.5) is 0 Å². The fourth-order valence-electron chi connectivity index (χ4n) is 0.937. The Morgan fingerprint density at radius 3 is 2.91 bits per heavy atom. The predicted molar refractivity (Wildman–Crippen MR) is 48.3 cm³/mol. The summed E-state index contributed by atoms with van der Waals surface area (Å²) in [5.74, 6) is 0. The van der Waals surface area contributed by atoms with Crippen molar-refractivity contribution in [3.8, 4) is 0 Å². The van der Waals surface area contributed by atoms with Crippen molar-refractivity contribution in [1.29, 1.82) is 0 Å². The zero-order valence-corrected chi connectivity index (χ0v) is 6.62. The molecular formula is C10H11N. The zero-order valence-electron chi connectivity index (χ0n) is 6.62. The molecule has 0 amide bonds. The summed E-state index contributed by atoms with van der Waals surface area (Å²) < 4.78 is 0. The molecule has 0 fully saturated rings. The summed E-state index contributed by atoms with van der Waals surface area (Å²) in [4.78, 5) is 4.01. The molecule has 1 nitrogen and oxygen atoms in total. The highest BCUT2D eigenvalue weighted by atomic mass is 14.6. The average molecular weight is 145 g/mol. The minimum absolute atomic E-state index is 1.15. The van der Waals surface area contributed by atoms with Crippen molar-refractivity contribution in [2.75, 3.05) is 0 Å². The molecule has 1 heteroatoms. The molecule has 0 spiro atoms. The Morgan fingerprint density at radius 2 is 2.27 bits per heavy atom. The lowest BCUT2D eigenvalue weighted by Crippen LogP contribution is -2.23. The Bertz CT molecular complexity index is 349. The third-order valence-corrected chi connectivity index (χ3v) is 1.50. The predicted octanol–water partition coefficient (Wildman–Crippen LogP) is 0.849. The first kappa shape index (κ1) is 7.73. The van der Waals surface area contributed by atoms with Gasteiger partial charge in [-0.2, -0.15) is 0 Å². The summed E-state index contributed by atoms with van der Waals surface area (Å²) in [6.07, 6.45) is 9.40. The number of rotatable bonds is 1. The number of hydrogen-bond acceptors (Lipinski definition) is 1. The second-order valence-corrected chi connectivity index (χ2v) is 2.20. The van der Waals surface area contributed by atoms with E-state index < -0.39 is 0 Å². The van der Waals surface area contributed by atoms with Gasteiger partial charge in [-0.1, -0.05) is 24.8 Å². The van der Waals surface area contributed by atoms with Crippen molar-refractivity contribution < 1.29 is 0 Å². The summed E-state index contributed by atoms with van der Waals surface area (Å²) in [5, 5.41) is 2.31. The molecule has 1 aromatic rings. The first-order valence-electron chi connectivity index (χ1n) is 3.57. The van der Waals surface area contributed by atoms with E-state index in [2.05, 4.69) is 11.6 Å². The summed E-state index contributed by atoms with van der Waals surface area (Å²) in [6.45, 7) is 5.64.